The smallest absolute Gasteiger partial charge is 0.0240 e. The lowest BCUT2D eigenvalue weighted by Crippen LogP contribution is -2.23. The number of benzene rings is 1. The van der Waals surface area contributed by atoms with E-state index in [2.05, 4.69) is 61.5 Å². The predicted molar refractivity (Wildman–Crippen MR) is 93.5 cm³/mol. The lowest BCUT2D eigenvalue weighted by Gasteiger charge is -2.18. The number of nitrogens with zero attached hydrogens (tertiary/aromatic N) is 1. The van der Waals surface area contributed by atoms with Crippen LogP contribution in [-0.2, 0) is 13.0 Å². The second-order valence-corrected chi connectivity index (χ2v) is 5.94. The van der Waals surface area contributed by atoms with Gasteiger partial charge in [0, 0.05) is 19.6 Å². The molecule has 0 atom stereocenters. The van der Waals surface area contributed by atoms with Crippen LogP contribution in [0.2, 0.25) is 0 Å². The zero-order valence-corrected chi connectivity index (χ0v) is 13.6. The minimum atomic E-state index is 0.716. The molecule has 1 aromatic carbocycles. The van der Waals surface area contributed by atoms with Gasteiger partial charge in [0.05, 0.1) is 0 Å². The third-order valence-electron chi connectivity index (χ3n) is 3.35. The molecule has 0 saturated carbocycles. The summed E-state index contributed by atoms with van der Waals surface area (Å²) in [5.74, 6) is 0.716. The molecule has 0 unspecified atom stereocenters. The van der Waals surface area contributed by atoms with Crippen molar-refractivity contribution in [2.24, 2.45) is 5.92 Å². The molecule has 0 amide bonds. The van der Waals surface area contributed by atoms with E-state index >= 15 is 0 Å². The third kappa shape index (κ3) is 7.84. The normalized spacial score (nSPS) is 11.0. The summed E-state index contributed by atoms with van der Waals surface area (Å²) in [6.07, 6.45) is 4.98. The van der Waals surface area contributed by atoms with Crippen LogP contribution in [-0.4, -0.2) is 31.1 Å². The van der Waals surface area contributed by atoms with E-state index in [1.54, 1.807) is 0 Å². The maximum atomic E-state index is 3.81. The van der Waals surface area contributed by atoms with Crippen LogP contribution in [0, 0.1) is 5.92 Å². The van der Waals surface area contributed by atoms with Gasteiger partial charge in [0.15, 0.2) is 0 Å². The Hall–Kier alpha value is -1.38. The molecule has 1 aromatic rings. The summed E-state index contributed by atoms with van der Waals surface area (Å²) in [7, 11) is 0. The Labute approximate surface area is 130 Å². The number of nitrogens with one attached hydrogen (secondary N) is 1. The molecule has 21 heavy (non-hydrogen) atoms. The number of hydrogen-bond donors (Lipinski definition) is 1. The molecule has 2 heteroatoms. The van der Waals surface area contributed by atoms with Crippen molar-refractivity contribution < 1.29 is 0 Å². The SMILES string of the molecule is C=CCN(CC=C)Cc1ccc(CCNCC(C)C)cc1. The van der Waals surface area contributed by atoms with Gasteiger partial charge in [-0.3, -0.25) is 4.90 Å². The molecule has 0 aliphatic heterocycles. The molecule has 0 bridgehead atoms. The zero-order chi connectivity index (χ0) is 15.5. The predicted octanol–water partition coefficient (Wildman–Crippen LogP) is 3.65. The first-order chi connectivity index (χ1) is 10.2. The molecule has 116 valence electrons. The van der Waals surface area contributed by atoms with Crippen LogP contribution in [0.3, 0.4) is 0 Å². The molecule has 0 saturated heterocycles. The summed E-state index contributed by atoms with van der Waals surface area (Å²) >= 11 is 0. The van der Waals surface area contributed by atoms with E-state index in [0.29, 0.717) is 5.92 Å². The highest BCUT2D eigenvalue weighted by Crippen LogP contribution is 2.08. The Balaban J connectivity index is 2.41. The summed E-state index contributed by atoms with van der Waals surface area (Å²) in [4.78, 5) is 2.32. The highest BCUT2D eigenvalue weighted by Gasteiger charge is 2.02. The van der Waals surface area contributed by atoms with Gasteiger partial charge < -0.3 is 5.32 Å². The second kappa shape index (κ2) is 10.4. The fourth-order valence-electron chi connectivity index (χ4n) is 2.26. The van der Waals surface area contributed by atoms with Crippen LogP contribution in [0.5, 0.6) is 0 Å². The fraction of sp³-hybridized carbons (Fsp3) is 0.474. The molecule has 0 radical (unpaired) electrons. The molecule has 0 aliphatic carbocycles. The standard InChI is InChI=1S/C19H30N2/c1-5-13-21(14-6-2)16-19-9-7-18(8-10-19)11-12-20-15-17(3)4/h5-10,17,20H,1-2,11-16H2,3-4H3. The molecule has 1 N–H and O–H groups in total. The van der Waals surface area contributed by atoms with E-state index in [1.807, 2.05) is 12.2 Å². The largest absolute Gasteiger partial charge is 0.316 e. The van der Waals surface area contributed by atoms with Gasteiger partial charge in [-0.15, -0.1) is 13.2 Å². The van der Waals surface area contributed by atoms with E-state index < -0.39 is 0 Å². The van der Waals surface area contributed by atoms with Crippen molar-refractivity contribution in [2.75, 3.05) is 26.2 Å². The highest BCUT2D eigenvalue weighted by molar-refractivity contribution is 5.23. The first-order valence-corrected chi connectivity index (χ1v) is 7.88. The van der Waals surface area contributed by atoms with Gasteiger partial charge in [-0.25, -0.2) is 0 Å². The summed E-state index contributed by atoms with van der Waals surface area (Å²) in [6, 6.07) is 8.95. The van der Waals surface area contributed by atoms with Gasteiger partial charge in [0.1, 0.15) is 0 Å². The van der Waals surface area contributed by atoms with Gasteiger partial charge in [0.2, 0.25) is 0 Å². The van der Waals surface area contributed by atoms with Crippen LogP contribution in [0.25, 0.3) is 0 Å². The Morgan fingerprint density at radius 2 is 1.62 bits per heavy atom. The zero-order valence-electron chi connectivity index (χ0n) is 13.6. The quantitative estimate of drug-likeness (QED) is 0.493. The molecule has 0 heterocycles. The molecule has 0 fully saturated rings. The fourth-order valence-corrected chi connectivity index (χ4v) is 2.26. The maximum absolute atomic E-state index is 3.81. The second-order valence-electron chi connectivity index (χ2n) is 5.94. The Bertz CT molecular complexity index is 396. The molecular formula is C19H30N2. The third-order valence-corrected chi connectivity index (χ3v) is 3.35. The van der Waals surface area contributed by atoms with Crippen molar-refractivity contribution in [3.8, 4) is 0 Å². The minimum Gasteiger partial charge on any atom is -0.316 e. The van der Waals surface area contributed by atoms with Crippen molar-refractivity contribution in [1.29, 1.82) is 0 Å². The molecule has 0 aromatic heterocycles. The highest BCUT2D eigenvalue weighted by atomic mass is 15.1. The summed E-state index contributed by atoms with van der Waals surface area (Å²) < 4.78 is 0. The van der Waals surface area contributed by atoms with Gasteiger partial charge in [-0.05, 0) is 36.6 Å². The van der Waals surface area contributed by atoms with Crippen molar-refractivity contribution in [2.45, 2.75) is 26.8 Å². The number of rotatable bonds is 11. The van der Waals surface area contributed by atoms with Crippen LogP contribution in [0.4, 0.5) is 0 Å². The maximum Gasteiger partial charge on any atom is 0.0240 e. The Morgan fingerprint density at radius 1 is 1.05 bits per heavy atom. The summed E-state index contributed by atoms with van der Waals surface area (Å²) in [5.41, 5.74) is 2.74. The van der Waals surface area contributed by atoms with Gasteiger partial charge in [0.25, 0.3) is 0 Å². The summed E-state index contributed by atoms with van der Waals surface area (Å²) in [5, 5.41) is 3.48. The summed E-state index contributed by atoms with van der Waals surface area (Å²) in [6.45, 7) is 17.0. The van der Waals surface area contributed by atoms with Crippen molar-refractivity contribution in [3.63, 3.8) is 0 Å². The molecule has 2 nitrogen and oxygen atoms in total. The first-order valence-electron chi connectivity index (χ1n) is 7.88. The average Bonchev–Trinajstić information content (AvgIpc) is 2.45. The van der Waals surface area contributed by atoms with Crippen LogP contribution in [0.1, 0.15) is 25.0 Å². The van der Waals surface area contributed by atoms with Gasteiger partial charge >= 0.3 is 0 Å². The Morgan fingerprint density at radius 3 is 2.14 bits per heavy atom. The van der Waals surface area contributed by atoms with Crippen molar-refractivity contribution in [3.05, 3.63) is 60.7 Å². The first kappa shape index (κ1) is 17.7. The van der Waals surface area contributed by atoms with Crippen LogP contribution >= 0.6 is 0 Å². The van der Waals surface area contributed by atoms with E-state index in [4.69, 9.17) is 0 Å². The average molecular weight is 286 g/mol. The van der Waals surface area contributed by atoms with E-state index in [0.717, 1.165) is 39.1 Å². The topological polar surface area (TPSA) is 15.3 Å². The van der Waals surface area contributed by atoms with Crippen LogP contribution in [0.15, 0.2) is 49.6 Å². The lowest BCUT2D eigenvalue weighted by molar-refractivity contribution is 0.328. The van der Waals surface area contributed by atoms with Gasteiger partial charge in [-0.1, -0.05) is 50.3 Å². The monoisotopic (exact) mass is 286 g/mol. The van der Waals surface area contributed by atoms with E-state index in [-0.39, 0.29) is 0 Å². The molecule has 0 aliphatic rings. The van der Waals surface area contributed by atoms with Crippen molar-refractivity contribution >= 4 is 0 Å². The lowest BCUT2D eigenvalue weighted by atomic mass is 10.1. The molecule has 0 spiro atoms. The van der Waals surface area contributed by atoms with Crippen molar-refractivity contribution in [1.82, 2.24) is 10.2 Å². The van der Waals surface area contributed by atoms with E-state index in [1.165, 1.54) is 11.1 Å². The minimum absolute atomic E-state index is 0.716. The van der Waals surface area contributed by atoms with Crippen LogP contribution < -0.4 is 5.32 Å². The number of hydrogen-bond acceptors (Lipinski definition) is 2. The molecule has 1 rings (SSSR count). The van der Waals surface area contributed by atoms with Gasteiger partial charge in [-0.2, -0.15) is 0 Å². The molecular weight excluding hydrogens is 256 g/mol. The Kier molecular flexibility index (Phi) is 8.72. The van der Waals surface area contributed by atoms with E-state index in [9.17, 15) is 0 Å².